The van der Waals surface area contributed by atoms with E-state index in [4.69, 9.17) is 15.0 Å². The summed E-state index contributed by atoms with van der Waals surface area (Å²) < 4.78 is 0. The van der Waals surface area contributed by atoms with Crippen LogP contribution >= 0.6 is 0 Å². The van der Waals surface area contributed by atoms with Gasteiger partial charge in [0.1, 0.15) is 0 Å². The molecular formula is C58H37N3. The first kappa shape index (κ1) is 35.0. The van der Waals surface area contributed by atoms with Gasteiger partial charge in [-0.2, -0.15) is 0 Å². The molecule has 0 radical (unpaired) electrons. The molecule has 0 saturated carbocycles. The van der Waals surface area contributed by atoms with Gasteiger partial charge in [-0.25, -0.2) is 15.0 Å². The molecule has 0 amide bonds. The second-order valence-corrected chi connectivity index (χ2v) is 15.9. The number of rotatable bonds is 5. The predicted octanol–water partition coefficient (Wildman–Crippen LogP) is 14.2. The first-order valence-corrected chi connectivity index (χ1v) is 20.9. The fourth-order valence-corrected chi connectivity index (χ4v) is 9.89. The summed E-state index contributed by atoms with van der Waals surface area (Å²) in [5.74, 6) is 1.88. The van der Waals surface area contributed by atoms with E-state index in [-0.39, 0.29) is 0 Å². The topological polar surface area (TPSA) is 38.7 Å². The lowest BCUT2D eigenvalue weighted by Crippen LogP contribution is -2.29. The summed E-state index contributed by atoms with van der Waals surface area (Å²) in [5, 5.41) is 0. The summed E-state index contributed by atoms with van der Waals surface area (Å²) in [4.78, 5) is 15.9. The van der Waals surface area contributed by atoms with Gasteiger partial charge in [-0.1, -0.05) is 206 Å². The van der Waals surface area contributed by atoms with Crippen LogP contribution < -0.4 is 0 Å². The number of fused-ring (bicyclic) bond motifs is 12. The van der Waals surface area contributed by atoms with Crippen molar-refractivity contribution in [3.8, 4) is 89.8 Å². The highest BCUT2D eigenvalue weighted by atomic mass is 15.0. The van der Waals surface area contributed by atoms with Gasteiger partial charge in [-0.3, -0.25) is 0 Å². The molecule has 9 aromatic carbocycles. The van der Waals surface area contributed by atoms with Crippen molar-refractivity contribution in [2.45, 2.75) is 5.41 Å². The lowest BCUT2D eigenvalue weighted by atomic mass is 9.66. The Labute approximate surface area is 355 Å². The molecule has 12 rings (SSSR count). The standard InChI is InChI=1S/C58H37N3/c1-3-17-38(18-4-1)40-21-15-23-42(35-40)55-59-56(43-24-16-22-41(36-43)39-19-5-2-6-20-39)61-57(60-55)44-33-34-54-50(37-44)46-26-8-7-25-45(46)47-27-9-12-30-51(47)58(54)52-31-13-10-28-48(52)49-29-11-14-32-53(49)58/h1-37H. The predicted molar refractivity (Wildman–Crippen MR) is 249 cm³/mol. The molecule has 1 spiro atoms. The number of hydrogen-bond donors (Lipinski definition) is 0. The molecule has 0 unspecified atom stereocenters. The van der Waals surface area contributed by atoms with E-state index in [0.29, 0.717) is 17.5 Å². The van der Waals surface area contributed by atoms with Crippen molar-refractivity contribution < 1.29 is 0 Å². The van der Waals surface area contributed by atoms with E-state index in [1.807, 2.05) is 12.1 Å². The molecule has 284 valence electrons. The largest absolute Gasteiger partial charge is 0.208 e. The molecule has 0 fully saturated rings. The minimum Gasteiger partial charge on any atom is -0.208 e. The van der Waals surface area contributed by atoms with Gasteiger partial charge in [0.05, 0.1) is 5.41 Å². The maximum atomic E-state index is 5.32. The molecule has 0 N–H and O–H groups in total. The Bertz CT molecular complexity index is 3170. The fourth-order valence-electron chi connectivity index (χ4n) is 9.89. The van der Waals surface area contributed by atoms with Gasteiger partial charge in [0, 0.05) is 16.7 Å². The van der Waals surface area contributed by atoms with Crippen molar-refractivity contribution in [3.05, 3.63) is 247 Å². The van der Waals surface area contributed by atoms with Crippen LogP contribution in [0.1, 0.15) is 22.3 Å². The average Bonchev–Trinajstić information content (AvgIpc) is 3.59. The molecule has 1 aromatic heterocycles. The molecule has 61 heavy (non-hydrogen) atoms. The average molecular weight is 776 g/mol. The van der Waals surface area contributed by atoms with Crippen LogP contribution in [0.4, 0.5) is 0 Å². The van der Waals surface area contributed by atoms with E-state index in [0.717, 1.165) is 44.5 Å². The first-order chi connectivity index (χ1) is 30.2. The lowest BCUT2D eigenvalue weighted by molar-refractivity contribution is 0.775. The minimum absolute atomic E-state index is 0.554. The van der Waals surface area contributed by atoms with Crippen LogP contribution in [0.25, 0.3) is 89.8 Å². The lowest BCUT2D eigenvalue weighted by Gasteiger charge is -2.35. The summed E-state index contributed by atoms with van der Waals surface area (Å²) in [6.45, 7) is 0. The molecule has 0 aliphatic heterocycles. The molecule has 0 atom stereocenters. The smallest absolute Gasteiger partial charge is 0.164 e. The van der Waals surface area contributed by atoms with Crippen LogP contribution in [0.3, 0.4) is 0 Å². The minimum atomic E-state index is -0.554. The molecule has 2 aliphatic rings. The summed E-state index contributed by atoms with van der Waals surface area (Å²) >= 11 is 0. The Kier molecular flexibility index (Phi) is 8.07. The Morgan fingerprint density at radius 3 is 1.02 bits per heavy atom. The summed E-state index contributed by atoms with van der Waals surface area (Å²) in [6, 6.07) is 80.6. The molecule has 0 bridgehead atoms. The van der Waals surface area contributed by atoms with Crippen LogP contribution in [0.5, 0.6) is 0 Å². The van der Waals surface area contributed by atoms with Crippen LogP contribution in [-0.4, -0.2) is 15.0 Å². The van der Waals surface area contributed by atoms with Crippen LogP contribution in [0, 0.1) is 0 Å². The van der Waals surface area contributed by atoms with Crippen LogP contribution in [0.15, 0.2) is 224 Å². The summed E-state index contributed by atoms with van der Waals surface area (Å²) in [7, 11) is 0. The van der Waals surface area contributed by atoms with Gasteiger partial charge in [-0.15, -0.1) is 0 Å². The number of benzene rings is 9. The zero-order valence-electron chi connectivity index (χ0n) is 33.2. The number of nitrogens with zero attached hydrogens (tertiary/aromatic N) is 3. The molecule has 3 nitrogen and oxygen atoms in total. The zero-order chi connectivity index (χ0) is 40.3. The monoisotopic (exact) mass is 775 g/mol. The SMILES string of the molecule is c1ccc(-c2cccc(-c3nc(-c4cccc(-c5ccccc5)c4)nc(-c4ccc5c(c4)-c4ccccc4-c4ccccc4C54c5ccccc5-c5ccccc54)n3)c2)cc1. The molecule has 3 heteroatoms. The van der Waals surface area contributed by atoms with Gasteiger partial charge in [0.2, 0.25) is 0 Å². The third kappa shape index (κ3) is 5.55. The van der Waals surface area contributed by atoms with Gasteiger partial charge in [-0.05, 0) is 96.1 Å². The second-order valence-electron chi connectivity index (χ2n) is 15.9. The summed E-state index contributed by atoms with van der Waals surface area (Å²) in [6.07, 6.45) is 0. The van der Waals surface area contributed by atoms with Crippen molar-refractivity contribution in [1.29, 1.82) is 0 Å². The van der Waals surface area contributed by atoms with Crippen molar-refractivity contribution >= 4 is 0 Å². The molecule has 10 aromatic rings. The number of hydrogen-bond acceptors (Lipinski definition) is 3. The molecule has 2 aliphatic carbocycles. The maximum Gasteiger partial charge on any atom is 0.164 e. The van der Waals surface area contributed by atoms with Crippen molar-refractivity contribution in [2.75, 3.05) is 0 Å². The highest BCUT2D eigenvalue weighted by Gasteiger charge is 2.49. The van der Waals surface area contributed by atoms with E-state index < -0.39 is 5.41 Å². The van der Waals surface area contributed by atoms with Gasteiger partial charge < -0.3 is 0 Å². The normalized spacial score (nSPS) is 12.7. The van der Waals surface area contributed by atoms with Crippen molar-refractivity contribution in [3.63, 3.8) is 0 Å². The third-order valence-corrected chi connectivity index (χ3v) is 12.6. The Hall–Kier alpha value is -8.01. The van der Waals surface area contributed by atoms with E-state index in [9.17, 15) is 0 Å². The van der Waals surface area contributed by atoms with E-state index >= 15 is 0 Å². The van der Waals surface area contributed by atoms with E-state index in [1.54, 1.807) is 0 Å². The molecule has 1 heterocycles. The van der Waals surface area contributed by atoms with Crippen molar-refractivity contribution in [2.24, 2.45) is 0 Å². The molecule has 0 saturated heterocycles. The highest BCUT2D eigenvalue weighted by molar-refractivity contribution is 5.98. The fraction of sp³-hybridized carbons (Fsp3) is 0.0172. The van der Waals surface area contributed by atoms with Gasteiger partial charge in [0.25, 0.3) is 0 Å². The zero-order valence-corrected chi connectivity index (χ0v) is 33.2. The Morgan fingerprint density at radius 1 is 0.213 bits per heavy atom. The molecular weight excluding hydrogens is 739 g/mol. The first-order valence-electron chi connectivity index (χ1n) is 20.9. The van der Waals surface area contributed by atoms with E-state index in [2.05, 4.69) is 212 Å². The third-order valence-electron chi connectivity index (χ3n) is 12.6. The second kappa shape index (κ2) is 14.1. The van der Waals surface area contributed by atoms with Gasteiger partial charge in [0.15, 0.2) is 17.5 Å². The Morgan fingerprint density at radius 2 is 0.541 bits per heavy atom. The Balaban J connectivity index is 1.11. The maximum absolute atomic E-state index is 5.32. The van der Waals surface area contributed by atoms with Crippen LogP contribution in [0.2, 0.25) is 0 Å². The summed E-state index contributed by atoms with van der Waals surface area (Å²) in [5.41, 5.74) is 19.2. The number of aromatic nitrogens is 3. The van der Waals surface area contributed by atoms with Crippen molar-refractivity contribution in [1.82, 2.24) is 15.0 Å². The highest BCUT2D eigenvalue weighted by Crippen LogP contribution is 2.61. The quantitative estimate of drug-likeness (QED) is 0.175. The van der Waals surface area contributed by atoms with Gasteiger partial charge >= 0.3 is 0 Å². The van der Waals surface area contributed by atoms with Crippen LogP contribution in [-0.2, 0) is 5.41 Å². The van der Waals surface area contributed by atoms with E-state index in [1.165, 1.54) is 50.1 Å².